The van der Waals surface area contributed by atoms with Gasteiger partial charge < -0.3 is 4.74 Å². The molecule has 0 aliphatic heterocycles. The van der Waals surface area contributed by atoms with E-state index in [1.165, 1.54) is 12.1 Å². The van der Waals surface area contributed by atoms with Crippen LogP contribution in [0.4, 0.5) is 5.69 Å². The molecule has 0 saturated heterocycles. The van der Waals surface area contributed by atoms with Crippen LogP contribution in [-0.4, -0.2) is 35.7 Å². The molecule has 0 aliphatic rings. The Hall–Kier alpha value is -2.14. The third-order valence-electron chi connectivity index (χ3n) is 4.24. The van der Waals surface area contributed by atoms with Crippen molar-refractivity contribution in [3.8, 4) is 0 Å². The van der Waals surface area contributed by atoms with Crippen LogP contribution < -0.4 is 4.72 Å². The predicted octanol–water partition coefficient (Wildman–Crippen LogP) is 4.24. The highest BCUT2D eigenvalue weighted by atomic mass is 35.5. The van der Waals surface area contributed by atoms with E-state index in [0.717, 1.165) is 28.4 Å². The van der Waals surface area contributed by atoms with Crippen LogP contribution in [0, 0.1) is 6.92 Å². The maximum atomic E-state index is 13.1. The lowest BCUT2D eigenvalue weighted by Gasteiger charge is -2.13. The largest absolute Gasteiger partial charge is 0.462 e. The van der Waals surface area contributed by atoms with Crippen LogP contribution in [0.3, 0.4) is 0 Å². The van der Waals surface area contributed by atoms with Crippen molar-refractivity contribution >= 4 is 64.5 Å². The molecule has 30 heavy (non-hydrogen) atoms. The first-order valence-corrected chi connectivity index (χ1v) is 13.2. The molecule has 1 heterocycles. The van der Waals surface area contributed by atoms with E-state index >= 15 is 0 Å². The number of carbonyl (C=O) groups excluding carboxylic acids is 1. The Labute approximate surface area is 183 Å². The van der Waals surface area contributed by atoms with Gasteiger partial charge in [0, 0.05) is 16.0 Å². The van der Waals surface area contributed by atoms with Gasteiger partial charge in [-0.3, -0.25) is 4.72 Å². The van der Waals surface area contributed by atoms with E-state index in [-0.39, 0.29) is 27.0 Å². The van der Waals surface area contributed by atoms with Crippen LogP contribution in [0.15, 0.2) is 45.5 Å². The Morgan fingerprint density at radius 1 is 1.13 bits per heavy atom. The summed E-state index contributed by atoms with van der Waals surface area (Å²) in [6.45, 7) is 3.40. The maximum absolute atomic E-state index is 13.1. The number of sulfonamides is 1. The second kappa shape index (κ2) is 8.18. The number of esters is 1. The lowest BCUT2D eigenvalue weighted by atomic mass is 10.2. The van der Waals surface area contributed by atoms with E-state index in [2.05, 4.69) is 4.72 Å². The smallest absolute Gasteiger partial charge is 0.338 e. The zero-order valence-electron chi connectivity index (χ0n) is 16.2. The van der Waals surface area contributed by atoms with Crippen molar-refractivity contribution in [2.24, 2.45) is 0 Å². The second-order valence-electron chi connectivity index (χ2n) is 6.46. The summed E-state index contributed by atoms with van der Waals surface area (Å²) in [6, 6.07) is 8.71. The zero-order chi connectivity index (χ0) is 22.3. The van der Waals surface area contributed by atoms with E-state index in [1.807, 2.05) is 0 Å². The minimum atomic E-state index is -4.10. The number of thiophene rings is 1. The number of aryl methyl sites for hydroxylation is 1. The third kappa shape index (κ3) is 4.46. The summed E-state index contributed by atoms with van der Waals surface area (Å²) < 4.78 is 58.6. The zero-order valence-corrected chi connectivity index (χ0v) is 19.4. The monoisotopic (exact) mass is 487 g/mol. The van der Waals surface area contributed by atoms with E-state index in [9.17, 15) is 21.6 Å². The Kier molecular flexibility index (Phi) is 6.15. The molecule has 0 unspecified atom stereocenters. The van der Waals surface area contributed by atoms with Gasteiger partial charge >= 0.3 is 5.97 Å². The minimum Gasteiger partial charge on any atom is -0.462 e. The first kappa shape index (κ1) is 22.5. The van der Waals surface area contributed by atoms with Gasteiger partial charge in [-0.05, 0) is 61.2 Å². The molecule has 11 heteroatoms. The van der Waals surface area contributed by atoms with Crippen LogP contribution in [0.5, 0.6) is 0 Å². The lowest BCUT2D eigenvalue weighted by Crippen LogP contribution is -2.16. The van der Waals surface area contributed by atoms with Gasteiger partial charge in [0.1, 0.15) is 4.21 Å². The molecule has 160 valence electrons. The van der Waals surface area contributed by atoms with Crippen molar-refractivity contribution in [1.82, 2.24) is 0 Å². The first-order chi connectivity index (χ1) is 13.9. The van der Waals surface area contributed by atoms with Gasteiger partial charge in [-0.1, -0.05) is 11.6 Å². The summed E-state index contributed by atoms with van der Waals surface area (Å²) in [5.74, 6) is -0.700. The second-order valence-corrected chi connectivity index (χ2v) is 11.8. The Bertz CT molecular complexity index is 1360. The quantitative estimate of drug-likeness (QED) is 0.521. The highest BCUT2D eigenvalue weighted by Gasteiger charge is 2.25. The Balaban J connectivity index is 2.09. The molecule has 0 bridgehead atoms. The number of hydrogen-bond donors (Lipinski definition) is 1. The van der Waals surface area contributed by atoms with Crippen molar-refractivity contribution in [3.63, 3.8) is 0 Å². The molecule has 3 rings (SSSR count). The van der Waals surface area contributed by atoms with E-state index in [0.29, 0.717) is 16.0 Å². The molecule has 0 atom stereocenters. The number of anilines is 1. The predicted molar refractivity (Wildman–Crippen MR) is 118 cm³/mol. The fourth-order valence-electron chi connectivity index (χ4n) is 2.87. The fraction of sp³-hybridized carbons (Fsp3) is 0.211. The maximum Gasteiger partial charge on any atom is 0.338 e. The van der Waals surface area contributed by atoms with Crippen molar-refractivity contribution in [2.45, 2.75) is 23.0 Å². The summed E-state index contributed by atoms with van der Waals surface area (Å²) in [5.41, 5.74) is 0.363. The highest BCUT2D eigenvalue weighted by molar-refractivity contribution is 7.95. The third-order valence-corrected chi connectivity index (χ3v) is 8.87. The summed E-state index contributed by atoms with van der Waals surface area (Å²) >= 11 is 7.07. The average molecular weight is 488 g/mol. The standard InChI is InChI=1S/C19H18ClNO6S3/c1-4-27-18(22)12-5-7-15(17(9-12)29(3,23)24)21-30(25,26)19-11(2)14-10-13(20)6-8-16(14)28-19/h5-10,21H,4H2,1-3H3. The van der Waals surface area contributed by atoms with Gasteiger partial charge in [0.15, 0.2) is 9.84 Å². The molecule has 1 aromatic heterocycles. The molecule has 0 saturated carbocycles. The van der Waals surface area contributed by atoms with Crippen molar-refractivity contribution < 1.29 is 26.4 Å². The van der Waals surface area contributed by atoms with E-state index in [4.69, 9.17) is 16.3 Å². The molecule has 7 nitrogen and oxygen atoms in total. The van der Waals surface area contributed by atoms with Crippen molar-refractivity contribution in [3.05, 3.63) is 52.5 Å². The van der Waals surface area contributed by atoms with Gasteiger partial charge in [-0.2, -0.15) is 0 Å². The summed E-state index contributed by atoms with van der Waals surface area (Å²) in [6.07, 6.45) is 0.932. The van der Waals surface area contributed by atoms with Gasteiger partial charge in [0.2, 0.25) is 0 Å². The number of fused-ring (bicyclic) bond motifs is 1. The van der Waals surface area contributed by atoms with Crippen molar-refractivity contribution in [2.75, 3.05) is 17.6 Å². The minimum absolute atomic E-state index is 0.00732. The van der Waals surface area contributed by atoms with Crippen LogP contribution in [-0.2, 0) is 24.6 Å². The number of nitrogens with one attached hydrogen (secondary N) is 1. The Morgan fingerprint density at radius 3 is 2.47 bits per heavy atom. The summed E-state index contributed by atoms with van der Waals surface area (Å²) in [5, 5.41) is 1.18. The van der Waals surface area contributed by atoms with Gasteiger partial charge in [-0.25, -0.2) is 21.6 Å². The molecule has 0 spiro atoms. The lowest BCUT2D eigenvalue weighted by molar-refractivity contribution is 0.0526. The first-order valence-electron chi connectivity index (χ1n) is 8.66. The number of benzene rings is 2. The van der Waals surface area contributed by atoms with Crippen molar-refractivity contribution in [1.29, 1.82) is 0 Å². The number of rotatable bonds is 6. The molecular formula is C19H18ClNO6S3. The number of ether oxygens (including phenoxy) is 1. The fourth-order valence-corrected chi connectivity index (χ4v) is 6.80. The molecule has 1 N–H and O–H groups in total. The van der Waals surface area contributed by atoms with Crippen LogP contribution in [0.2, 0.25) is 5.02 Å². The topological polar surface area (TPSA) is 107 Å². The summed E-state index contributed by atoms with van der Waals surface area (Å²) in [4.78, 5) is 11.6. The van der Waals surface area contributed by atoms with Gasteiger partial charge in [0.05, 0.1) is 22.8 Å². The molecule has 3 aromatic rings. The average Bonchev–Trinajstić information content (AvgIpc) is 2.98. The number of carbonyl (C=O) groups is 1. The number of sulfone groups is 1. The molecule has 0 fully saturated rings. The SMILES string of the molecule is CCOC(=O)c1ccc(NS(=O)(=O)c2sc3ccc(Cl)cc3c2C)c(S(C)(=O)=O)c1. The highest BCUT2D eigenvalue weighted by Crippen LogP contribution is 2.37. The van der Waals surface area contributed by atoms with E-state index < -0.39 is 25.8 Å². The summed E-state index contributed by atoms with van der Waals surface area (Å²) in [7, 11) is -7.95. The van der Waals surface area contributed by atoms with Crippen LogP contribution in [0.25, 0.3) is 10.1 Å². The number of hydrogen-bond acceptors (Lipinski definition) is 7. The number of halogens is 1. The normalized spacial score (nSPS) is 12.1. The van der Waals surface area contributed by atoms with Crippen LogP contribution in [0.1, 0.15) is 22.8 Å². The van der Waals surface area contributed by atoms with Gasteiger partial charge in [-0.15, -0.1) is 11.3 Å². The molecule has 2 aromatic carbocycles. The van der Waals surface area contributed by atoms with Gasteiger partial charge in [0.25, 0.3) is 10.0 Å². The molecule has 0 radical (unpaired) electrons. The van der Waals surface area contributed by atoms with E-state index in [1.54, 1.807) is 32.0 Å². The van der Waals surface area contributed by atoms with Crippen LogP contribution >= 0.6 is 22.9 Å². The molecule has 0 aliphatic carbocycles. The molecule has 0 amide bonds. The molecular weight excluding hydrogens is 470 g/mol. The Morgan fingerprint density at radius 2 is 1.83 bits per heavy atom.